The standard InChI is InChI=1S/C10H12N2/c1-6-7(2)9-4-5-11-10(9)12-8(6)3/h4-5H,1-3H3,(H,11,12). The summed E-state index contributed by atoms with van der Waals surface area (Å²) in [4.78, 5) is 7.56. The van der Waals surface area contributed by atoms with Gasteiger partial charge in [0.2, 0.25) is 0 Å². The van der Waals surface area contributed by atoms with Crippen LogP contribution in [0.1, 0.15) is 16.8 Å². The molecule has 2 heteroatoms. The minimum atomic E-state index is 0.996. The molecule has 1 N–H and O–H groups in total. The van der Waals surface area contributed by atoms with Gasteiger partial charge in [-0.15, -0.1) is 0 Å². The van der Waals surface area contributed by atoms with Gasteiger partial charge in [0.1, 0.15) is 5.65 Å². The van der Waals surface area contributed by atoms with Crippen molar-refractivity contribution in [2.75, 3.05) is 0 Å². The lowest BCUT2D eigenvalue weighted by Gasteiger charge is -2.04. The minimum absolute atomic E-state index is 0.996. The Morgan fingerprint density at radius 2 is 1.92 bits per heavy atom. The summed E-state index contributed by atoms with van der Waals surface area (Å²) in [6.07, 6.45) is 1.93. The molecule has 0 spiro atoms. The molecule has 2 nitrogen and oxygen atoms in total. The van der Waals surface area contributed by atoms with E-state index in [-0.39, 0.29) is 0 Å². The van der Waals surface area contributed by atoms with Crippen molar-refractivity contribution in [1.29, 1.82) is 0 Å². The molecule has 0 unspecified atom stereocenters. The van der Waals surface area contributed by atoms with E-state index in [1.807, 2.05) is 13.1 Å². The van der Waals surface area contributed by atoms with E-state index in [9.17, 15) is 0 Å². The Labute approximate surface area is 71.6 Å². The number of aromatic amines is 1. The topological polar surface area (TPSA) is 28.7 Å². The second kappa shape index (κ2) is 2.34. The molecule has 2 heterocycles. The van der Waals surface area contributed by atoms with Crippen LogP contribution in [-0.4, -0.2) is 9.97 Å². The van der Waals surface area contributed by atoms with Crippen molar-refractivity contribution < 1.29 is 0 Å². The largest absolute Gasteiger partial charge is 0.346 e. The van der Waals surface area contributed by atoms with E-state index in [1.165, 1.54) is 16.5 Å². The molecule has 0 saturated heterocycles. The predicted molar refractivity (Wildman–Crippen MR) is 50.3 cm³/mol. The maximum absolute atomic E-state index is 4.44. The molecule has 0 radical (unpaired) electrons. The fourth-order valence-electron chi connectivity index (χ4n) is 1.48. The van der Waals surface area contributed by atoms with E-state index in [0.717, 1.165) is 11.3 Å². The molecule has 0 aliphatic heterocycles. The molecule has 2 aromatic rings. The molecule has 62 valence electrons. The lowest BCUT2D eigenvalue weighted by Crippen LogP contribution is -1.91. The predicted octanol–water partition coefficient (Wildman–Crippen LogP) is 2.49. The average Bonchev–Trinajstić information content (AvgIpc) is 2.48. The van der Waals surface area contributed by atoms with Crippen LogP contribution >= 0.6 is 0 Å². The van der Waals surface area contributed by atoms with E-state index >= 15 is 0 Å². The molecule has 2 rings (SSSR count). The first-order chi connectivity index (χ1) is 5.70. The van der Waals surface area contributed by atoms with Crippen molar-refractivity contribution >= 4 is 11.0 Å². The molecule has 0 aliphatic rings. The molecule has 0 aliphatic carbocycles. The quantitative estimate of drug-likeness (QED) is 0.630. The summed E-state index contributed by atoms with van der Waals surface area (Å²) in [6.45, 7) is 6.30. The number of aryl methyl sites for hydroxylation is 2. The van der Waals surface area contributed by atoms with Gasteiger partial charge in [-0.25, -0.2) is 4.98 Å². The molecule has 0 fully saturated rings. The van der Waals surface area contributed by atoms with Crippen LogP contribution < -0.4 is 0 Å². The summed E-state index contributed by atoms with van der Waals surface area (Å²) >= 11 is 0. The van der Waals surface area contributed by atoms with Crippen LogP contribution in [0.5, 0.6) is 0 Å². The molecule has 0 saturated carbocycles. The maximum atomic E-state index is 4.44. The van der Waals surface area contributed by atoms with Crippen LogP contribution in [0.2, 0.25) is 0 Å². The van der Waals surface area contributed by atoms with E-state index in [1.54, 1.807) is 0 Å². The Morgan fingerprint density at radius 1 is 1.17 bits per heavy atom. The smallest absolute Gasteiger partial charge is 0.137 e. The number of hydrogen-bond acceptors (Lipinski definition) is 1. The zero-order chi connectivity index (χ0) is 8.72. The van der Waals surface area contributed by atoms with Gasteiger partial charge in [0.05, 0.1) is 0 Å². The van der Waals surface area contributed by atoms with E-state index in [2.05, 4.69) is 29.9 Å². The van der Waals surface area contributed by atoms with Crippen molar-refractivity contribution in [3.63, 3.8) is 0 Å². The fraction of sp³-hybridized carbons (Fsp3) is 0.300. The lowest BCUT2D eigenvalue weighted by atomic mass is 10.1. The SMILES string of the molecule is Cc1nc2[nH]ccc2c(C)c1C. The Kier molecular flexibility index (Phi) is 1.43. The van der Waals surface area contributed by atoms with Crippen molar-refractivity contribution in [3.8, 4) is 0 Å². The van der Waals surface area contributed by atoms with Crippen molar-refractivity contribution in [1.82, 2.24) is 9.97 Å². The van der Waals surface area contributed by atoms with Gasteiger partial charge in [-0.2, -0.15) is 0 Å². The number of aromatic nitrogens is 2. The van der Waals surface area contributed by atoms with Crippen LogP contribution in [0, 0.1) is 20.8 Å². The number of H-pyrrole nitrogens is 1. The average molecular weight is 160 g/mol. The van der Waals surface area contributed by atoms with Gasteiger partial charge in [0, 0.05) is 17.3 Å². The Morgan fingerprint density at radius 3 is 2.67 bits per heavy atom. The number of rotatable bonds is 0. The highest BCUT2D eigenvalue weighted by Crippen LogP contribution is 2.20. The molecule has 12 heavy (non-hydrogen) atoms. The monoisotopic (exact) mass is 160 g/mol. The Bertz CT molecular complexity index is 427. The second-order valence-corrected chi connectivity index (χ2v) is 3.19. The summed E-state index contributed by atoms with van der Waals surface area (Å²) in [7, 11) is 0. The fourth-order valence-corrected chi connectivity index (χ4v) is 1.48. The van der Waals surface area contributed by atoms with Crippen LogP contribution in [0.3, 0.4) is 0 Å². The van der Waals surface area contributed by atoms with Crippen LogP contribution in [-0.2, 0) is 0 Å². The zero-order valence-electron chi connectivity index (χ0n) is 7.60. The van der Waals surface area contributed by atoms with Gasteiger partial charge in [-0.1, -0.05) is 0 Å². The van der Waals surface area contributed by atoms with Gasteiger partial charge in [-0.3, -0.25) is 0 Å². The van der Waals surface area contributed by atoms with E-state index in [0.29, 0.717) is 0 Å². The first-order valence-corrected chi connectivity index (χ1v) is 4.11. The Hall–Kier alpha value is -1.31. The first kappa shape index (κ1) is 7.35. The summed E-state index contributed by atoms with van der Waals surface area (Å²) in [5.41, 5.74) is 4.74. The molecule has 0 bridgehead atoms. The highest BCUT2D eigenvalue weighted by atomic mass is 14.8. The van der Waals surface area contributed by atoms with Crippen molar-refractivity contribution in [2.24, 2.45) is 0 Å². The number of nitrogens with one attached hydrogen (secondary N) is 1. The van der Waals surface area contributed by atoms with E-state index < -0.39 is 0 Å². The van der Waals surface area contributed by atoms with E-state index in [4.69, 9.17) is 0 Å². The third-order valence-electron chi connectivity index (χ3n) is 2.51. The molecular formula is C10H12N2. The van der Waals surface area contributed by atoms with Gasteiger partial charge >= 0.3 is 0 Å². The van der Waals surface area contributed by atoms with Crippen LogP contribution in [0.4, 0.5) is 0 Å². The molecule has 0 aromatic carbocycles. The van der Waals surface area contributed by atoms with Crippen LogP contribution in [0.15, 0.2) is 12.3 Å². The first-order valence-electron chi connectivity index (χ1n) is 4.11. The highest BCUT2D eigenvalue weighted by molar-refractivity contribution is 5.80. The van der Waals surface area contributed by atoms with Crippen LogP contribution in [0.25, 0.3) is 11.0 Å². The Balaban J connectivity index is 2.94. The number of pyridine rings is 1. The molecular weight excluding hydrogens is 148 g/mol. The normalized spacial score (nSPS) is 10.9. The molecule has 0 atom stereocenters. The third kappa shape index (κ3) is 0.843. The van der Waals surface area contributed by atoms with Gasteiger partial charge in [0.15, 0.2) is 0 Å². The summed E-state index contributed by atoms with van der Waals surface area (Å²) in [5.74, 6) is 0. The van der Waals surface area contributed by atoms with Crippen molar-refractivity contribution in [2.45, 2.75) is 20.8 Å². The lowest BCUT2D eigenvalue weighted by molar-refractivity contribution is 1.15. The maximum Gasteiger partial charge on any atom is 0.137 e. The summed E-state index contributed by atoms with van der Waals surface area (Å²) in [6, 6.07) is 2.07. The third-order valence-corrected chi connectivity index (χ3v) is 2.51. The van der Waals surface area contributed by atoms with Gasteiger partial charge in [0.25, 0.3) is 0 Å². The zero-order valence-corrected chi connectivity index (χ0v) is 7.60. The van der Waals surface area contributed by atoms with Gasteiger partial charge in [-0.05, 0) is 38.0 Å². The number of hydrogen-bond donors (Lipinski definition) is 1. The van der Waals surface area contributed by atoms with Gasteiger partial charge < -0.3 is 4.98 Å². The molecule has 0 amide bonds. The highest BCUT2D eigenvalue weighted by Gasteiger charge is 2.04. The number of nitrogens with zero attached hydrogens (tertiary/aromatic N) is 1. The number of fused-ring (bicyclic) bond motifs is 1. The minimum Gasteiger partial charge on any atom is -0.346 e. The summed E-state index contributed by atoms with van der Waals surface area (Å²) in [5, 5.41) is 1.23. The van der Waals surface area contributed by atoms with Crippen molar-refractivity contribution in [3.05, 3.63) is 29.1 Å². The summed E-state index contributed by atoms with van der Waals surface area (Å²) < 4.78 is 0. The molecule has 2 aromatic heterocycles. The second-order valence-electron chi connectivity index (χ2n) is 3.19.